The van der Waals surface area contributed by atoms with Gasteiger partial charge in [0.1, 0.15) is 11.4 Å². The molecule has 33 heavy (non-hydrogen) atoms. The van der Waals surface area contributed by atoms with Crippen LogP contribution < -0.4 is 10.2 Å². The van der Waals surface area contributed by atoms with Gasteiger partial charge in [-0.15, -0.1) is 0 Å². The molecule has 1 saturated heterocycles. The van der Waals surface area contributed by atoms with E-state index in [0.717, 1.165) is 16.9 Å². The second-order valence-electron chi connectivity index (χ2n) is 7.59. The average Bonchev–Trinajstić information content (AvgIpc) is 2.80. The number of nitrogens with zero attached hydrogens (tertiary/aromatic N) is 1. The first-order valence-corrected chi connectivity index (χ1v) is 10.8. The quantitative estimate of drug-likeness (QED) is 0.413. The minimum Gasteiger partial charge on any atom is -0.273 e. The van der Waals surface area contributed by atoms with Crippen LogP contribution in [0.25, 0.3) is 6.08 Å². The standard InChI is InChI=1S/C26H20ClFN2O3/c1-2-16-7-11-21(12-8-16)30-25(32)22(24(31)29-26(30)33)15-19-14-20(27)10-9-17(19)13-18-5-3-4-6-23(18)28/h3-12,14-15H,2,13H2,1H3,(H,29,31,33)/b22-15+. The maximum atomic E-state index is 14.2. The molecule has 1 aliphatic heterocycles. The molecule has 4 amide bonds. The number of barbiturate groups is 1. The molecule has 0 aromatic heterocycles. The summed E-state index contributed by atoms with van der Waals surface area (Å²) in [6.07, 6.45) is 2.43. The fourth-order valence-corrected chi connectivity index (χ4v) is 3.82. The number of urea groups is 1. The van der Waals surface area contributed by atoms with E-state index in [-0.39, 0.29) is 17.8 Å². The van der Waals surface area contributed by atoms with Gasteiger partial charge in [-0.2, -0.15) is 0 Å². The van der Waals surface area contributed by atoms with E-state index in [1.165, 1.54) is 12.1 Å². The highest BCUT2D eigenvalue weighted by atomic mass is 35.5. The van der Waals surface area contributed by atoms with E-state index in [0.29, 0.717) is 27.4 Å². The van der Waals surface area contributed by atoms with Gasteiger partial charge in [0.15, 0.2) is 0 Å². The van der Waals surface area contributed by atoms with Crippen LogP contribution in [0.4, 0.5) is 14.9 Å². The summed E-state index contributed by atoms with van der Waals surface area (Å²) in [4.78, 5) is 39.1. The Balaban J connectivity index is 1.73. The SMILES string of the molecule is CCc1ccc(N2C(=O)NC(=O)/C(=C\c3cc(Cl)ccc3Cc3ccccc3F)C2=O)cc1. The fourth-order valence-electron chi connectivity index (χ4n) is 3.64. The van der Waals surface area contributed by atoms with Crippen molar-refractivity contribution < 1.29 is 18.8 Å². The Bertz CT molecular complexity index is 1280. The number of hydrogen-bond donors (Lipinski definition) is 1. The first-order valence-electron chi connectivity index (χ1n) is 10.4. The molecular formula is C26H20ClFN2O3. The van der Waals surface area contributed by atoms with Crippen molar-refractivity contribution in [2.75, 3.05) is 4.90 Å². The van der Waals surface area contributed by atoms with Gasteiger partial charge >= 0.3 is 6.03 Å². The van der Waals surface area contributed by atoms with E-state index < -0.39 is 17.8 Å². The Labute approximate surface area is 195 Å². The average molecular weight is 463 g/mol. The van der Waals surface area contributed by atoms with Crippen molar-refractivity contribution in [1.82, 2.24) is 5.32 Å². The molecule has 0 radical (unpaired) electrons. The zero-order valence-electron chi connectivity index (χ0n) is 17.8. The van der Waals surface area contributed by atoms with Gasteiger partial charge in [0.25, 0.3) is 11.8 Å². The van der Waals surface area contributed by atoms with Gasteiger partial charge in [0, 0.05) is 11.4 Å². The second kappa shape index (κ2) is 9.38. The first-order chi connectivity index (χ1) is 15.9. The third-order valence-electron chi connectivity index (χ3n) is 5.45. The topological polar surface area (TPSA) is 66.5 Å². The number of imide groups is 2. The molecule has 0 atom stereocenters. The molecule has 1 fully saturated rings. The van der Waals surface area contributed by atoms with Crippen molar-refractivity contribution in [2.45, 2.75) is 19.8 Å². The van der Waals surface area contributed by atoms with Crippen molar-refractivity contribution in [2.24, 2.45) is 0 Å². The van der Waals surface area contributed by atoms with Gasteiger partial charge in [0.05, 0.1) is 5.69 Å². The molecule has 4 rings (SSSR count). The minimum atomic E-state index is -0.816. The number of amides is 4. The Morgan fingerprint density at radius 2 is 1.70 bits per heavy atom. The number of halogens is 2. The molecule has 5 nitrogen and oxygen atoms in total. The summed E-state index contributed by atoms with van der Waals surface area (Å²) >= 11 is 6.16. The molecule has 1 aliphatic rings. The maximum absolute atomic E-state index is 14.2. The fraction of sp³-hybridized carbons (Fsp3) is 0.115. The van der Waals surface area contributed by atoms with Crippen LogP contribution in [-0.4, -0.2) is 17.8 Å². The number of rotatable bonds is 5. The Hall–Kier alpha value is -3.77. The number of nitrogens with one attached hydrogen (secondary N) is 1. The monoisotopic (exact) mass is 462 g/mol. The van der Waals surface area contributed by atoms with Gasteiger partial charge in [-0.05, 0) is 65.1 Å². The highest BCUT2D eigenvalue weighted by Gasteiger charge is 2.36. The Kier molecular flexibility index (Phi) is 6.38. The highest BCUT2D eigenvalue weighted by molar-refractivity contribution is 6.39. The van der Waals surface area contributed by atoms with Crippen LogP contribution in [0, 0.1) is 5.82 Å². The molecule has 0 unspecified atom stereocenters. The largest absolute Gasteiger partial charge is 0.335 e. The lowest BCUT2D eigenvalue weighted by molar-refractivity contribution is -0.122. The van der Waals surface area contributed by atoms with E-state index in [1.807, 2.05) is 19.1 Å². The van der Waals surface area contributed by atoms with Crippen LogP contribution in [0.5, 0.6) is 0 Å². The zero-order chi connectivity index (χ0) is 23.5. The molecule has 0 aliphatic carbocycles. The Morgan fingerprint density at radius 3 is 2.39 bits per heavy atom. The normalized spacial score (nSPS) is 15.2. The van der Waals surface area contributed by atoms with Crippen LogP contribution in [0.15, 0.2) is 72.3 Å². The van der Waals surface area contributed by atoms with Crippen LogP contribution in [0.2, 0.25) is 5.02 Å². The van der Waals surface area contributed by atoms with Crippen LogP contribution in [0.1, 0.15) is 29.2 Å². The molecule has 1 N–H and O–H groups in total. The summed E-state index contributed by atoms with van der Waals surface area (Å²) in [5.74, 6) is -1.90. The number of benzene rings is 3. The van der Waals surface area contributed by atoms with Crippen LogP contribution in [-0.2, 0) is 22.4 Å². The van der Waals surface area contributed by atoms with Crippen molar-refractivity contribution in [3.05, 3.63) is 105 Å². The van der Waals surface area contributed by atoms with Gasteiger partial charge in [-0.1, -0.05) is 54.9 Å². The predicted molar refractivity (Wildman–Crippen MR) is 125 cm³/mol. The first kappa shape index (κ1) is 22.4. The molecule has 7 heteroatoms. The summed E-state index contributed by atoms with van der Waals surface area (Å²) in [6.45, 7) is 2.00. The van der Waals surface area contributed by atoms with Crippen LogP contribution in [0.3, 0.4) is 0 Å². The van der Waals surface area contributed by atoms with E-state index in [9.17, 15) is 18.8 Å². The third-order valence-corrected chi connectivity index (χ3v) is 5.69. The lowest BCUT2D eigenvalue weighted by atomic mass is 9.97. The zero-order valence-corrected chi connectivity index (χ0v) is 18.5. The van der Waals surface area contributed by atoms with Crippen molar-refractivity contribution >= 4 is 41.2 Å². The summed E-state index contributed by atoms with van der Waals surface area (Å²) in [7, 11) is 0. The molecule has 3 aromatic carbocycles. The third kappa shape index (κ3) is 4.71. The maximum Gasteiger partial charge on any atom is 0.335 e. The summed E-state index contributed by atoms with van der Waals surface area (Å²) in [5, 5.41) is 2.61. The molecule has 0 spiro atoms. The minimum absolute atomic E-state index is 0.216. The van der Waals surface area contributed by atoms with E-state index in [4.69, 9.17) is 11.6 Å². The van der Waals surface area contributed by atoms with E-state index in [1.54, 1.807) is 48.5 Å². The number of aryl methyl sites for hydroxylation is 1. The van der Waals surface area contributed by atoms with Crippen molar-refractivity contribution in [1.29, 1.82) is 0 Å². The smallest absolute Gasteiger partial charge is 0.273 e. The van der Waals surface area contributed by atoms with E-state index >= 15 is 0 Å². The van der Waals surface area contributed by atoms with Gasteiger partial charge in [-0.25, -0.2) is 14.1 Å². The molecule has 3 aromatic rings. The van der Waals surface area contributed by atoms with Gasteiger partial charge in [0.2, 0.25) is 0 Å². The van der Waals surface area contributed by atoms with Crippen molar-refractivity contribution in [3.63, 3.8) is 0 Å². The highest BCUT2D eigenvalue weighted by Crippen LogP contribution is 2.26. The molecule has 0 saturated carbocycles. The summed E-state index contributed by atoms with van der Waals surface area (Å²) < 4.78 is 14.2. The van der Waals surface area contributed by atoms with Gasteiger partial charge < -0.3 is 0 Å². The lowest BCUT2D eigenvalue weighted by Gasteiger charge is -2.26. The molecule has 0 bridgehead atoms. The van der Waals surface area contributed by atoms with Crippen molar-refractivity contribution in [3.8, 4) is 0 Å². The number of anilines is 1. The molecular weight excluding hydrogens is 443 g/mol. The Morgan fingerprint density at radius 1 is 0.970 bits per heavy atom. The van der Waals surface area contributed by atoms with Crippen LogP contribution >= 0.6 is 11.6 Å². The van der Waals surface area contributed by atoms with Gasteiger partial charge in [-0.3, -0.25) is 14.9 Å². The molecule has 1 heterocycles. The molecule has 166 valence electrons. The predicted octanol–water partition coefficient (Wildman–Crippen LogP) is 5.30. The number of hydrogen-bond acceptors (Lipinski definition) is 3. The number of carbonyl (C=O) groups is 3. The lowest BCUT2D eigenvalue weighted by Crippen LogP contribution is -2.54. The summed E-state index contributed by atoms with van der Waals surface area (Å²) in [5.41, 5.74) is 2.81. The second-order valence-corrected chi connectivity index (χ2v) is 8.03. The number of carbonyl (C=O) groups excluding carboxylic acids is 3. The summed E-state index contributed by atoms with van der Waals surface area (Å²) in [6, 6.07) is 17.5. The van der Waals surface area contributed by atoms with E-state index in [2.05, 4.69) is 5.32 Å².